The Morgan fingerprint density at radius 1 is 1.20 bits per heavy atom. The number of Topliss-reactive ketones (excluding diaryl/α,β-unsaturated/α-hetero) is 1. The van der Waals surface area contributed by atoms with E-state index >= 15 is 0 Å². The Morgan fingerprint density at radius 3 is 2.20 bits per heavy atom. The molecule has 0 amide bonds. The van der Waals surface area contributed by atoms with Crippen molar-refractivity contribution in [1.29, 1.82) is 0 Å². The minimum absolute atomic E-state index is 0.169. The average molecular weight is 209 g/mol. The molecule has 1 aliphatic heterocycles. The number of ketones is 1. The molecule has 1 saturated heterocycles. The van der Waals surface area contributed by atoms with Crippen LogP contribution in [0.25, 0.3) is 0 Å². The summed E-state index contributed by atoms with van der Waals surface area (Å²) in [6.07, 6.45) is 4.20. The van der Waals surface area contributed by atoms with Crippen LogP contribution < -0.4 is 0 Å². The fourth-order valence-corrected chi connectivity index (χ4v) is 2.90. The van der Waals surface area contributed by atoms with E-state index in [-0.39, 0.29) is 5.41 Å². The molecule has 1 heterocycles. The molecule has 2 heteroatoms. The highest BCUT2D eigenvalue weighted by Crippen LogP contribution is 2.37. The zero-order valence-electron chi connectivity index (χ0n) is 10.3. The van der Waals surface area contributed by atoms with Gasteiger partial charge in [-0.2, -0.15) is 0 Å². The van der Waals surface area contributed by atoms with Crippen LogP contribution in [-0.4, -0.2) is 30.3 Å². The van der Waals surface area contributed by atoms with Gasteiger partial charge < -0.3 is 0 Å². The molecule has 0 bridgehead atoms. The van der Waals surface area contributed by atoms with Crippen LogP contribution in [0.4, 0.5) is 0 Å². The topological polar surface area (TPSA) is 20.3 Å². The number of nitrogens with zero attached hydrogens (tertiary/aromatic N) is 1. The molecule has 15 heavy (non-hydrogen) atoms. The van der Waals surface area contributed by atoms with E-state index in [0.29, 0.717) is 12.3 Å². The van der Waals surface area contributed by atoms with Crippen LogP contribution in [0.3, 0.4) is 0 Å². The number of likely N-dealkylation sites (tertiary alicyclic amines) is 1. The van der Waals surface area contributed by atoms with Crippen molar-refractivity contribution in [2.75, 3.05) is 19.6 Å². The highest BCUT2D eigenvalue weighted by molar-refractivity contribution is 5.85. The van der Waals surface area contributed by atoms with Gasteiger partial charge in [-0.1, -0.05) is 27.2 Å². The Kier molecular flexibility index (Phi) is 2.89. The van der Waals surface area contributed by atoms with Gasteiger partial charge in [-0.3, -0.25) is 9.69 Å². The number of carbonyl (C=O) groups excluding carboxylic acids is 1. The lowest BCUT2D eigenvalue weighted by Gasteiger charge is -2.22. The summed E-state index contributed by atoms with van der Waals surface area (Å²) in [4.78, 5) is 14.3. The molecule has 0 N–H and O–H groups in total. The minimum Gasteiger partial charge on any atom is -0.298 e. The molecule has 0 aromatic rings. The Balaban J connectivity index is 1.85. The molecule has 2 nitrogen and oxygen atoms in total. The molecule has 2 unspecified atom stereocenters. The van der Waals surface area contributed by atoms with E-state index in [0.717, 1.165) is 11.8 Å². The van der Waals surface area contributed by atoms with Gasteiger partial charge in [0.05, 0.1) is 6.54 Å². The van der Waals surface area contributed by atoms with Crippen molar-refractivity contribution in [3.8, 4) is 0 Å². The van der Waals surface area contributed by atoms with Crippen molar-refractivity contribution >= 4 is 5.78 Å². The van der Waals surface area contributed by atoms with Gasteiger partial charge in [0.2, 0.25) is 0 Å². The Morgan fingerprint density at radius 2 is 1.73 bits per heavy atom. The molecule has 0 aromatic heterocycles. The summed E-state index contributed by atoms with van der Waals surface area (Å²) in [5.74, 6) is 2.19. The maximum Gasteiger partial charge on any atom is 0.152 e. The number of rotatable bonds is 2. The van der Waals surface area contributed by atoms with E-state index in [1.807, 2.05) is 20.8 Å². The van der Waals surface area contributed by atoms with Crippen molar-refractivity contribution in [1.82, 2.24) is 4.90 Å². The maximum absolute atomic E-state index is 11.9. The number of carbonyl (C=O) groups is 1. The van der Waals surface area contributed by atoms with Crippen molar-refractivity contribution < 1.29 is 4.79 Å². The average Bonchev–Trinajstić information content (AvgIpc) is 2.61. The lowest BCUT2D eigenvalue weighted by atomic mass is 9.90. The Labute approximate surface area is 93.0 Å². The molecule has 1 aliphatic carbocycles. The van der Waals surface area contributed by atoms with Crippen LogP contribution in [0.15, 0.2) is 0 Å². The summed E-state index contributed by atoms with van der Waals surface area (Å²) in [5.41, 5.74) is -0.169. The molecule has 2 fully saturated rings. The summed E-state index contributed by atoms with van der Waals surface area (Å²) in [6.45, 7) is 9.08. The third kappa shape index (κ3) is 2.41. The first kappa shape index (κ1) is 11.1. The molecule has 2 rings (SSSR count). The highest BCUT2D eigenvalue weighted by Gasteiger charge is 2.37. The third-order valence-electron chi connectivity index (χ3n) is 4.01. The van der Waals surface area contributed by atoms with Gasteiger partial charge in [0.25, 0.3) is 0 Å². The standard InChI is InChI=1S/C13H23NO/c1-13(2,3)12(15)9-14-7-10-5-4-6-11(10)8-14/h10-11H,4-9H2,1-3H3. The zero-order chi connectivity index (χ0) is 11.1. The van der Waals surface area contributed by atoms with Gasteiger partial charge >= 0.3 is 0 Å². The van der Waals surface area contributed by atoms with E-state index < -0.39 is 0 Å². The van der Waals surface area contributed by atoms with Crippen molar-refractivity contribution in [2.24, 2.45) is 17.3 Å². The number of hydrogen-bond donors (Lipinski definition) is 0. The lowest BCUT2D eigenvalue weighted by Crippen LogP contribution is -2.35. The predicted octanol–water partition coefficient (Wildman–Crippen LogP) is 2.33. The van der Waals surface area contributed by atoms with Crippen LogP contribution in [0.5, 0.6) is 0 Å². The van der Waals surface area contributed by atoms with Crippen molar-refractivity contribution in [3.05, 3.63) is 0 Å². The van der Waals surface area contributed by atoms with Crippen LogP contribution >= 0.6 is 0 Å². The van der Waals surface area contributed by atoms with E-state index in [2.05, 4.69) is 4.90 Å². The molecular weight excluding hydrogens is 186 g/mol. The maximum atomic E-state index is 11.9. The second-order valence-corrected chi connectivity index (χ2v) is 6.32. The first-order chi connectivity index (χ1) is 6.97. The van der Waals surface area contributed by atoms with Gasteiger partial charge in [0, 0.05) is 18.5 Å². The fraction of sp³-hybridized carbons (Fsp3) is 0.923. The normalized spacial score (nSPS) is 31.9. The third-order valence-corrected chi connectivity index (χ3v) is 4.01. The fourth-order valence-electron chi connectivity index (χ4n) is 2.90. The number of fused-ring (bicyclic) bond motifs is 1. The van der Waals surface area contributed by atoms with E-state index in [4.69, 9.17) is 0 Å². The van der Waals surface area contributed by atoms with Gasteiger partial charge in [-0.25, -0.2) is 0 Å². The summed E-state index contributed by atoms with van der Waals surface area (Å²) < 4.78 is 0. The summed E-state index contributed by atoms with van der Waals surface area (Å²) in [7, 11) is 0. The summed E-state index contributed by atoms with van der Waals surface area (Å²) >= 11 is 0. The molecule has 86 valence electrons. The monoisotopic (exact) mass is 209 g/mol. The second-order valence-electron chi connectivity index (χ2n) is 6.32. The van der Waals surface area contributed by atoms with E-state index in [1.54, 1.807) is 0 Å². The van der Waals surface area contributed by atoms with Gasteiger partial charge in [-0.05, 0) is 24.7 Å². The van der Waals surface area contributed by atoms with E-state index in [1.165, 1.54) is 32.4 Å². The molecule has 0 aromatic carbocycles. The minimum atomic E-state index is -0.169. The largest absolute Gasteiger partial charge is 0.298 e. The Hall–Kier alpha value is -0.370. The smallest absolute Gasteiger partial charge is 0.152 e. The van der Waals surface area contributed by atoms with E-state index in [9.17, 15) is 4.79 Å². The summed E-state index contributed by atoms with van der Waals surface area (Å²) in [5, 5.41) is 0. The van der Waals surface area contributed by atoms with Gasteiger partial charge in [0.15, 0.2) is 5.78 Å². The zero-order valence-corrected chi connectivity index (χ0v) is 10.3. The van der Waals surface area contributed by atoms with Crippen LogP contribution in [0.2, 0.25) is 0 Å². The van der Waals surface area contributed by atoms with Crippen LogP contribution in [0, 0.1) is 17.3 Å². The lowest BCUT2D eigenvalue weighted by molar-refractivity contribution is -0.127. The summed E-state index contributed by atoms with van der Waals surface area (Å²) in [6, 6.07) is 0. The first-order valence-corrected chi connectivity index (χ1v) is 6.22. The second kappa shape index (κ2) is 3.89. The van der Waals surface area contributed by atoms with Gasteiger partial charge in [0.1, 0.15) is 0 Å². The molecule has 0 radical (unpaired) electrons. The Bertz CT molecular complexity index is 242. The predicted molar refractivity (Wildman–Crippen MR) is 61.7 cm³/mol. The van der Waals surface area contributed by atoms with Crippen molar-refractivity contribution in [2.45, 2.75) is 40.0 Å². The molecule has 0 spiro atoms. The number of hydrogen-bond acceptors (Lipinski definition) is 2. The molecule has 2 aliphatic rings. The van der Waals surface area contributed by atoms with Crippen molar-refractivity contribution in [3.63, 3.8) is 0 Å². The molecule has 2 atom stereocenters. The highest BCUT2D eigenvalue weighted by atomic mass is 16.1. The van der Waals surface area contributed by atoms with Gasteiger partial charge in [-0.15, -0.1) is 0 Å². The quantitative estimate of drug-likeness (QED) is 0.695. The van der Waals surface area contributed by atoms with Crippen LogP contribution in [-0.2, 0) is 4.79 Å². The molecular formula is C13H23NO. The SMILES string of the molecule is CC(C)(C)C(=O)CN1CC2CCCC2C1. The molecule has 1 saturated carbocycles. The van der Waals surface area contributed by atoms with Crippen LogP contribution in [0.1, 0.15) is 40.0 Å². The first-order valence-electron chi connectivity index (χ1n) is 6.22.